The molecule has 1 fully saturated rings. The van der Waals surface area contributed by atoms with Gasteiger partial charge in [-0.2, -0.15) is 0 Å². The van der Waals surface area contributed by atoms with Gasteiger partial charge in [-0.15, -0.1) is 5.46 Å². The van der Waals surface area contributed by atoms with Crippen LogP contribution in [-0.4, -0.2) is 78.3 Å². The third kappa shape index (κ3) is 10.3. The van der Waals surface area contributed by atoms with Gasteiger partial charge >= 0.3 is 12.7 Å². The molecule has 3 aromatic carbocycles. The van der Waals surface area contributed by atoms with Gasteiger partial charge in [0.15, 0.2) is 0 Å². The van der Waals surface area contributed by atoms with Crippen LogP contribution in [0.3, 0.4) is 0 Å². The summed E-state index contributed by atoms with van der Waals surface area (Å²) in [7, 11) is 2.76. The number of nitrogens with one attached hydrogen (secondary N) is 5. The van der Waals surface area contributed by atoms with E-state index in [4.69, 9.17) is 18.7 Å². The number of carbonyl (C=O) groups is 5. The molecule has 1 aliphatic rings. The summed E-state index contributed by atoms with van der Waals surface area (Å²) in [5.74, 6) is -3.09. The maximum atomic E-state index is 13.8. The molecule has 15 heteroatoms. The standard InChI is InChI=1S/C43H59BN5O9/c1-39(2,34(50)46-40(3,4)35(51)47-41(5,6)36(52)48-42(7,8)37(53)49-43(9,10)38(54)55-11)45-27-30-25-19-20-26-31(30)44(56-12)57-32(28-21-15-13-16-22-28)33(58-44)29-23-17-14-18-24-29/h13-26,32-33,45H,27H2,1-12H3,(H,46,50)(H,47,51)(H,48,52)(H,49,53)/q-1/t32-,33-/m1/s1/i9+1/t32-,33-,43+. The molecule has 4 amide bonds. The van der Waals surface area contributed by atoms with Gasteiger partial charge in [-0.1, -0.05) is 90.5 Å². The number of hydrogen-bond donors (Lipinski definition) is 5. The van der Waals surface area contributed by atoms with E-state index in [1.54, 1.807) is 21.0 Å². The van der Waals surface area contributed by atoms with Crippen molar-refractivity contribution in [2.45, 2.75) is 116 Å². The minimum absolute atomic E-state index is 0.210. The van der Waals surface area contributed by atoms with Gasteiger partial charge in [-0.25, -0.2) is 4.79 Å². The van der Waals surface area contributed by atoms with Crippen LogP contribution in [-0.2, 0) is 49.2 Å². The summed E-state index contributed by atoms with van der Waals surface area (Å²) in [6.07, 6.45) is -0.930. The van der Waals surface area contributed by atoms with E-state index in [2.05, 4.69) is 26.6 Å². The van der Waals surface area contributed by atoms with Gasteiger partial charge in [0.2, 0.25) is 23.6 Å². The fourth-order valence-electron chi connectivity index (χ4n) is 6.41. The lowest BCUT2D eigenvalue weighted by Gasteiger charge is -2.38. The molecule has 0 bridgehead atoms. The molecule has 3 atom stereocenters. The highest BCUT2D eigenvalue weighted by molar-refractivity contribution is 6.76. The first-order chi connectivity index (χ1) is 26.9. The van der Waals surface area contributed by atoms with E-state index in [0.29, 0.717) is 5.46 Å². The summed E-state index contributed by atoms with van der Waals surface area (Å²) < 4.78 is 24.4. The van der Waals surface area contributed by atoms with Crippen molar-refractivity contribution in [3.8, 4) is 0 Å². The van der Waals surface area contributed by atoms with Crippen molar-refractivity contribution in [3.05, 3.63) is 102 Å². The average molecular weight is 802 g/mol. The van der Waals surface area contributed by atoms with Crippen LogP contribution in [0.15, 0.2) is 84.9 Å². The first kappa shape index (κ1) is 45.6. The Bertz CT molecular complexity index is 1920. The number of hydrogen-bond acceptors (Lipinski definition) is 10. The molecule has 3 aromatic rings. The fraction of sp³-hybridized carbons (Fsp3) is 0.465. The second-order valence-corrected chi connectivity index (χ2v) is 17.3. The van der Waals surface area contributed by atoms with Gasteiger partial charge in [0.1, 0.15) is 22.2 Å². The third-order valence-corrected chi connectivity index (χ3v) is 10.3. The summed E-state index contributed by atoms with van der Waals surface area (Å²) in [5.41, 5.74) is -3.68. The van der Waals surface area contributed by atoms with Crippen LogP contribution in [0, 0.1) is 0 Å². The number of methoxy groups -OCH3 is 1. The topological polar surface area (TPSA) is 182 Å². The number of carbonyl (C=O) groups excluding carboxylic acids is 5. The number of amides is 4. The summed E-state index contributed by atoms with van der Waals surface area (Å²) in [5, 5.41) is 14.1. The zero-order valence-corrected chi connectivity index (χ0v) is 35.7. The fourth-order valence-corrected chi connectivity index (χ4v) is 6.41. The van der Waals surface area contributed by atoms with Crippen molar-refractivity contribution in [2.24, 2.45) is 0 Å². The van der Waals surface area contributed by atoms with Gasteiger partial charge in [-0.05, 0) is 87.5 Å². The predicted octanol–water partition coefficient (Wildman–Crippen LogP) is 3.63. The predicted molar refractivity (Wildman–Crippen MR) is 221 cm³/mol. The van der Waals surface area contributed by atoms with Crippen molar-refractivity contribution in [2.75, 3.05) is 14.2 Å². The Morgan fingerprint density at radius 1 is 0.534 bits per heavy atom. The largest absolute Gasteiger partial charge is 0.543 e. The van der Waals surface area contributed by atoms with Crippen LogP contribution in [0.4, 0.5) is 0 Å². The monoisotopic (exact) mass is 801 g/mol. The quantitative estimate of drug-likeness (QED) is 0.0816. The Morgan fingerprint density at radius 2 is 0.897 bits per heavy atom. The van der Waals surface area contributed by atoms with Gasteiger partial charge < -0.3 is 40.0 Å². The first-order valence-electron chi connectivity index (χ1n) is 19.3. The highest BCUT2D eigenvalue weighted by Gasteiger charge is 2.47. The normalized spacial score (nSPS) is 18.0. The highest BCUT2D eigenvalue weighted by Crippen LogP contribution is 2.45. The summed E-state index contributed by atoms with van der Waals surface area (Å²) in [6.45, 7) is 13.0. The Morgan fingerprint density at radius 3 is 1.29 bits per heavy atom. The van der Waals surface area contributed by atoms with Crippen molar-refractivity contribution in [1.29, 1.82) is 0 Å². The summed E-state index contributed by atoms with van der Waals surface area (Å²) in [6, 6.07) is 27.3. The van der Waals surface area contributed by atoms with E-state index in [-0.39, 0.29) is 6.54 Å². The third-order valence-electron chi connectivity index (χ3n) is 10.3. The lowest BCUT2D eigenvalue weighted by atomic mass is 9.67. The molecule has 58 heavy (non-hydrogen) atoms. The van der Waals surface area contributed by atoms with Crippen LogP contribution >= 0.6 is 0 Å². The molecule has 0 saturated carbocycles. The van der Waals surface area contributed by atoms with E-state index in [1.165, 1.54) is 62.5 Å². The Hall–Kier alpha value is -5.09. The van der Waals surface area contributed by atoms with Crippen LogP contribution in [0.25, 0.3) is 0 Å². The molecule has 1 saturated heterocycles. The Labute approximate surface area is 341 Å². The SMILES string of the molecule is COC(=O)[C@@](C)([13CH3])NC(=O)C(C)(C)NC(=O)C(C)(C)NC(=O)C(C)(C)NC(=O)C(C)(C)NCc1ccccc1[B-]1(OC)O[C@H](c2ccccc2)[C@@H](c2ccccc2)O1. The zero-order valence-electron chi connectivity index (χ0n) is 35.7. The molecular formula is C43H59BN5O9-. The van der Waals surface area contributed by atoms with Crippen LogP contribution in [0.2, 0.25) is 0 Å². The Kier molecular flexibility index (Phi) is 13.7. The number of rotatable bonds is 16. The molecule has 0 aromatic heterocycles. The molecule has 1 heterocycles. The second kappa shape index (κ2) is 17.4. The molecule has 0 radical (unpaired) electrons. The molecule has 0 spiro atoms. The average Bonchev–Trinajstić information content (AvgIpc) is 3.58. The van der Waals surface area contributed by atoms with Gasteiger partial charge in [0.25, 0.3) is 0 Å². The van der Waals surface area contributed by atoms with E-state index < -0.39 is 76.3 Å². The Balaban J connectivity index is 1.45. The molecule has 14 nitrogen and oxygen atoms in total. The van der Waals surface area contributed by atoms with Crippen molar-refractivity contribution >= 4 is 41.8 Å². The maximum absolute atomic E-state index is 13.8. The van der Waals surface area contributed by atoms with E-state index in [0.717, 1.165) is 16.7 Å². The van der Waals surface area contributed by atoms with E-state index in [1.807, 2.05) is 84.9 Å². The number of ether oxygens (including phenoxy) is 1. The second-order valence-electron chi connectivity index (χ2n) is 17.3. The smallest absolute Gasteiger partial charge is 0.410 e. The molecular weight excluding hydrogens is 742 g/mol. The summed E-state index contributed by atoms with van der Waals surface area (Å²) >= 11 is 0. The maximum Gasteiger partial charge on any atom is 0.410 e. The number of esters is 1. The molecule has 0 unspecified atom stereocenters. The van der Waals surface area contributed by atoms with Crippen molar-refractivity contribution in [1.82, 2.24) is 26.6 Å². The van der Waals surface area contributed by atoms with Crippen LogP contribution in [0.1, 0.15) is 98.1 Å². The molecule has 1 aliphatic heterocycles. The van der Waals surface area contributed by atoms with Gasteiger partial charge in [-0.3, -0.25) is 24.5 Å². The van der Waals surface area contributed by atoms with Crippen LogP contribution in [0.5, 0.6) is 0 Å². The lowest BCUT2D eigenvalue weighted by molar-refractivity contribution is -0.150. The van der Waals surface area contributed by atoms with Crippen molar-refractivity contribution < 1.29 is 42.7 Å². The zero-order chi connectivity index (χ0) is 43.3. The lowest BCUT2D eigenvalue weighted by Crippen LogP contribution is -2.68. The van der Waals surface area contributed by atoms with Crippen LogP contribution < -0.4 is 32.0 Å². The molecule has 5 N–H and O–H groups in total. The van der Waals surface area contributed by atoms with Crippen molar-refractivity contribution in [3.63, 3.8) is 0 Å². The molecule has 0 aliphatic carbocycles. The van der Waals surface area contributed by atoms with E-state index >= 15 is 0 Å². The number of benzene rings is 3. The van der Waals surface area contributed by atoms with E-state index in [9.17, 15) is 24.0 Å². The molecule has 4 rings (SSSR count). The summed E-state index contributed by atoms with van der Waals surface area (Å²) in [4.78, 5) is 66.1. The highest BCUT2D eigenvalue weighted by atomic mass is 16.8. The minimum atomic E-state index is -2.46. The minimum Gasteiger partial charge on any atom is -0.543 e. The van der Waals surface area contributed by atoms with Gasteiger partial charge in [0.05, 0.1) is 24.9 Å². The molecule has 314 valence electrons. The first-order valence-corrected chi connectivity index (χ1v) is 19.3. The van der Waals surface area contributed by atoms with Gasteiger partial charge in [0, 0.05) is 6.54 Å².